The van der Waals surface area contributed by atoms with E-state index in [-0.39, 0.29) is 53.8 Å². The summed E-state index contributed by atoms with van der Waals surface area (Å²) in [6.07, 6.45) is 9.00. The molecule has 1 unspecified atom stereocenters. The second kappa shape index (κ2) is 34.6. The fourth-order valence-electron chi connectivity index (χ4n) is 9.96. The van der Waals surface area contributed by atoms with Crippen molar-refractivity contribution in [2.45, 2.75) is 60.5 Å². The molecule has 5 aromatic carbocycles. The Balaban J connectivity index is 0.000000154. The molecular formula is C72H67Cl3N6O10S7. The Morgan fingerprint density at radius 3 is 1.84 bits per heavy atom. The molecule has 508 valence electrons. The molecule has 5 saturated heterocycles. The molecule has 98 heavy (non-hydrogen) atoms. The number of likely N-dealkylation sites (N-methyl/N-ethyl adjacent to an activating group) is 1. The lowest BCUT2D eigenvalue weighted by atomic mass is 10.1. The van der Waals surface area contributed by atoms with Gasteiger partial charge >= 0.3 is 5.97 Å². The molecule has 0 saturated carbocycles. The van der Waals surface area contributed by atoms with Gasteiger partial charge in [-0.1, -0.05) is 173 Å². The summed E-state index contributed by atoms with van der Waals surface area (Å²) in [6.45, 7) is 13.7. The minimum absolute atomic E-state index is 0.0654. The first-order chi connectivity index (χ1) is 46.9. The van der Waals surface area contributed by atoms with Crippen molar-refractivity contribution in [3.63, 3.8) is 0 Å². The van der Waals surface area contributed by atoms with E-state index in [0.29, 0.717) is 79.8 Å². The van der Waals surface area contributed by atoms with E-state index in [0.717, 1.165) is 87.3 Å². The average Bonchev–Trinajstić information content (AvgIpc) is 1.68. The lowest BCUT2D eigenvalue weighted by Crippen LogP contribution is -2.35. The van der Waals surface area contributed by atoms with Gasteiger partial charge in [0, 0.05) is 71.9 Å². The number of hydrogen-bond donors (Lipinski definition) is 1. The number of rotatable bonds is 16. The van der Waals surface area contributed by atoms with Crippen LogP contribution in [0.2, 0.25) is 15.1 Å². The molecule has 0 aliphatic carbocycles. The zero-order chi connectivity index (χ0) is 70.5. The monoisotopic (exact) mass is 1500 g/mol. The van der Waals surface area contributed by atoms with E-state index in [4.69, 9.17) is 107 Å². The first kappa shape index (κ1) is 74.8. The van der Waals surface area contributed by atoms with E-state index in [1.807, 2.05) is 175 Å². The van der Waals surface area contributed by atoms with Crippen molar-refractivity contribution >= 4 is 202 Å². The smallest absolute Gasteiger partial charge is 0.326 e. The van der Waals surface area contributed by atoms with Crippen LogP contribution in [0.1, 0.15) is 71.6 Å². The Hall–Kier alpha value is -7.39. The molecule has 5 aliphatic heterocycles. The summed E-state index contributed by atoms with van der Waals surface area (Å²) in [5, 5.41) is 5.28. The number of thiocarbonyl (C=S) groups is 4. The molecule has 26 heteroatoms. The molecule has 7 heterocycles. The van der Waals surface area contributed by atoms with Gasteiger partial charge in [0.2, 0.25) is 0 Å². The van der Waals surface area contributed by atoms with Crippen LogP contribution < -0.4 is 10.2 Å². The zero-order valence-electron chi connectivity index (χ0n) is 54.5. The minimum atomic E-state index is -0.496. The second-order valence-electron chi connectivity index (χ2n) is 22.5. The predicted octanol–water partition coefficient (Wildman–Crippen LogP) is 17.4. The van der Waals surface area contributed by atoms with Gasteiger partial charge in [-0.2, -0.15) is 0 Å². The normalized spacial score (nSPS) is 17.6. The van der Waals surface area contributed by atoms with Gasteiger partial charge in [-0.3, -0.25) is 43.6 Å². The molecule has 1 atom stereocenters. The summed E-state index contributed by atoms with van der Waals surface area (Å²) >= 11 is 43.2. The number of hydrogen-bond acceptors (Lipinski definition) is 19. The Labute approximate surface area is 618 Å². The van der Waals surface area contributed by atoms with E-state index in [9.17, 15) is 24.0 Å². The van der Waals surface area contributed by atoms with Gasteiger partial charge in [0.1, 0.15) is 42.5 Å². The highest BCUT2D eigenvalue weighted by Gasteiger charge is 2.37. The van der Waals surface area contributed by atoms with Crippen molar-refractivity contribution in [2.75, 3.05) is 63.8 Å². The minimum Gasteiger partial charge on any atom is -0.465 e. The zero-order valence-corrected chi connectivity index (χ0v) is 62.5. The van der Waals surface area contributed by atoms with E-state index in [1.165, 1.54) is 38.9 Å². The molecule has 7 aromatic rings. The molecule has 12 rings (SSSR count). The van der Waals surface area contributed by atoms with Gasteiger partial charge in [0.15, 0.2) is 5.76 Å². The van der Waals surface area contributed by atoms with E-state index >= 15 is 0 Å². The Morgan fingerprint density at radius 2 is 1.24 bits per heavy atom. The summed E-state index contributed by atoms with van der Waals surface area (Å²) in [7, 11) is 3.87. The fourth-order valence-corrected chi connectivity index (χ4v) is 14.8. The van der Waals surface area contributed by atoms with E-state index < -0.39 is 5.97 Å². The standard InChI is InChI=1S/C20H19NO3S2.C19H17ClN2OS2.C19H16ClNO4S2.C14H15ClN2O2S/c1-13-5-2-3-7-16(13)17-9-8-14(24-17)11-18-19(22)21(20(25)26-18)12-15-6-4-10-23-15;1-12-3-5-14(6-4-12)10-17-18(23)22(19(24)25-17)11-21-16-8-7-15(20)9-13(16)2;1-3-24-17(22)10-21-18(23)16(27-19(21)26)9-12-5-7-15(25-12)13-6-4-11(2)8-14(13)20;1-4-17-13(18)12(19-14(17)20)7-9-5-6-10(16(2)3)8-11(9)15/h2-3,5,7-9,11,15H,4,6,10,12H2,1H3;3-10,21H,11H2,1-2H3;4-9H,3,10H2,1-2H3;5-8H,4H2,1-3H3. The molecule has 4 amide bonds. The van der Waals surface area contributed by atoms with Crippen LogP contribution in [0, 0.1) is 27.7 Å². The van der Waals surface area contributed by atoms with Crippen molar-refractivity contribution in [2.24, 2.45) is 0 Å². The number of thioether (sulfide) groups is 3. The van der Waals surface area contributed by atoms with Crippen LogP contribution in [0.25, 0.3) is 47.0 Å². The summed E-state index contributed by atoms with van der Waals surface area (Å²) in [5.74, 6) is 1.55. The van der Waals surface area contributed by atoms with Crippen LogP contribution in [0.3, 0.4) is 0 Å². The predicted molar refractivity (Wildman–Crippen MR) is 414 cm³/mol. The molecule has 5 aliphatic rings. The summed E-state index contributed by atoms with van der Waals surface area (Å²) in [4.78, 5) is 70.9. The summed E-state index contributed by atoms with van der Waals surface area (Å²) in [6, 6.07) is 40.4. The van der Waals surface area contributed by atoms with Crippen molar-refractivity contribution in [1.29, 1.82) is 0 Å². The third kappa shape index (κ3) is 19.3. The number of nitrogens with one attached hydrogen (secondary N) is 1. The number of nitrogens with zero attached hydrogens (tertiary/aromatic N) is 5. The number of aryl methyl sites for hydroxylation is 4. The third-order valence-electron chi connectivity index (χ3n) is 15.2. The quantitative estimate of drug-likeness (QED) is 0.0550. The van der Waals surface area contributed by atoms with Crippen LogP contribution in [0.4, 0.5) is 11.4 Å². The van der Waals surface area contributed by atoms with Gasteiger partial charge in [-0.05, 0) is 173 Å². The maximum Gasteiger partial charge on any atom is 0.326 e. The Kier molecular flexibility index (Phi) is 26.4. The van der Waals surface area contributed by atoms with Crippen molar-refractivity contribution in [3.8, 4) is 22.6 Å². The molecule has 5 fully saturated rings. The van der Waals surface area contributed by atoms with E-state index in [2.05, 4.69) is 5.32 Å². The maximum absolute atomic E-state index is 12.7. The lowest BCUT2D eigenvalue weighted by Gasteiger charge is -2.18. The molecular weight excluding hydrogens is 1440 g/mol. The van der Waals surface area contributed by atoms with Gasteiger partial charge in [-0.25, -0.2) is 0 Å². The highest BCUT2D eigenvalue weighted by Crippen LogP contribution is 2.38. The molecule has 1 N–H and O–H groups in total. The van der Waals surface area contributed by atoms with Crippen molar-refractivity contribution in [1.82, 2.24) is 19.6 Å². The van der Waals surface area contributed by atoms with Crippen molar-refractivity contribution in [3.05, 3.63) is 208 Å². The SMILES string of the molecule is CCN1C(=O)C(=Cc2ccc(N(C)C)cc2Cl)OC1=S.CCOC(=O)CN1C(=O)C(=Cc2ccc(-c3ccc(C)cc3Cl)o2)SC1=S.Cc1ccc(C=C2SC(=S)N(CNc3ccc(Cl)cc3C)C2=O)cc1.Cc1ccccc1-c1ccc(C=C2SC(=S)N(CC3CCCO3)C2=O)o1. The molecule has 16 nitrogen and oxygen atoms in total. The molecule has 2 aromatic heterocycles. The molecule has 0 spiro atoms. The number of anilines is 2. The van der Waals surface area contributed by atoms with Crippen LogP contribution in [0.15, 0.2) is 157 Å². The Bertz CT molecular complexity index is 4390. The van der Waals surface area contributed by atoms with Gasteiger partial charge < -0.3 is 33.3 Å². The van der Waals surface area contributed by atoms with Gasteiger partial charge in [-0.15, -0.1) is 0 Å². The second-order valence-corrected chi connectivity index (χ2v) is 29.2. The number of carbonyl (C=O) groups excluding carboxylic acids is 5. The van der Waals surface area contributed by atoms with Crippen LogP contribution in [-0.2, 0) is 38.2 Å². The Morgan fingerprint density at radius 1 is 0.633 bits per heavy atom. The highest BCUT2D eigenvalue weighted by atomic mass is 35.5. The van der Waals surface area contributed by atoms with E-state index in [1.54, 1.807) is 47.1 Å². The van der Waals surface area contributed by atoms with Crippen LogP contribution >= 0.6 is 119 Å². The largest absolute Gasteiger partial charge is 0.465 e. The fraction of sp³-hybridized carbons (Fsp3) is 0.236. The number of amides is 4. The number of ether oxygens (including phenoxy) is 3. The first-order valence-corrected chi connectivity index (χ1v) is 35.9. The highest BCUT2D eigenvalue weighted by molar-refractivity contribution is 8.27. The van der Waals surface area contributed by atoms with Crippen molar-refractivity contribution < 1.29 is 47.0 Å². The maximum atomic E-state index is 12.7. The van der Waals surface area contributed by atoms with Crippen LogP contribution in [-0.4, -0.2) is 127 Å². The summed E-state index contributed by atoms with van der Waals surface area (Å²) < 4.78 is 29.0. The molecule has 0 radical (unpaired) electrons. The van der Waals surface area contributed by atoms with Gasteiger partial charge in [0.05, 0.1) is 45.7 Å². The third-order valence-corrected chi connectivity index (χ3v) is 20.5. The number of furan rings is 2. The average molecular weight is 1510 g/mol. The topological polar surface area (TPSA) is 168 Å². The number of benzene rings is 5. The van der Waals surface area contributed by atoms with Gasteiger partial charge in [0.25, 0.3) is 28.8 Å². The number of halogens is 3. The van der Waals surface area contributed by atoms with Crippen LogP contribution in [0.5, 0.6) is 0 Å². The summed E-state index contributed by atoms with van der Waals surface area (Å²) in [5.41, 5.74) is 9.88. The first-order valence-electron chi connectivity index (χ1n) is 30.7. The number of esters is 1. The number of carbonyl (C=O) groups is 5. The lowest BCUT2D eigenvalue weighted by molar-refractivity contribution is -0.145. The molecule has 0 bridgehead atoms.